The number of nitriles is 1. The zero-order valence-corrected chi connectivity index (χ0v) is 10.1. The summed E-state index contributed by atoms with van der Waals surface area (Å²) >= 11 is 0. The highest BCUT2D eigenvalue weighted by atomic mass is 16.5. The quantitative estimate of drug-likeness (QED) is 0.603. The van der Waals surface area contributed by atoms with Crippen molar-refractivity contribution in [2.75, 3.05) is 13.2 Å². The van der Waals surface area contributed by atoms with Crippen LogP contribution in [0.25, 0.3) is 6.08 Å². The lowest BCUT2D eigenvalue weighted by Gasteiger charge is -2.20. The monoisotopic (exact) mass is 241 g/mol. The van der Waals surface area contributed by atoms with Gasteiger partial charge in [0, 0.05) is 19.1 Å². The van der Waals surface area contributed by atoms with Crippen molar-refractivity contribution in [3.05, 3.63) is 41.5 Å². The molecule has 1 aliphatic heterocycles. The Hall–Kier alpha value is -1.92. The van der Waals surface area contributed by atoms with Gasteiger partial charge in [0.25, 0.3) is 0 Å². The Bertz CT molecular complexity index is 479. The summed E-state index contributed by atoms with van der Waals surface area (Å²) in [4.78, 5) is 12.2. The van der Waals surface area contributed by atoms with Crippen LogP contribution in [-0.2, 0) is 9.53 Å². The molecule has 1 fully saturated rings. The average molecular weight is 241 g/mol. The minimum atomic E-state index is -0.0617. The molecular formula is C15H15NO2. The Labute approximate surface area is 107 Å². The third kappa shape index (κ3) is 3.06. The van der Waals surface area contributed by atoms with Gasteiger partial charge in [-0.25, -0.2) is 0 Å². The molecule has 0 spiro atoms. The maximum absolute atomic E-state index is 12.2. The minimum absolute atomic E-state index is 0.0512. The lowest BCUT2D eigenvalue weighted by molar-refractivity contribution is -0.121. The van der Waals surface area contributed by atoms with Gasteiger partial charge < -0.3 is 4.74 Å². The molecule has 0 N–H and O–H groups in total. The van der Waals surface area contributed by atoms with Crippen molar-refractivity contribution in [2.45, 2.75) is 12.8 Å². The summed E-state index contributed by atoms with van der Waals surface area (Å²) in [6.45, 7) is 1.22. The second-order valence-electron chi connectivity index (χ2n) is 4.33. The van der Waals surface area contributed by atoms with Crippen LogP contribution in [-0.4, -0.2) is 19.0 Å². The molecule has 0 aliphatic carbocycles. The molecule has 3 nitrogen and oxygen atoms in total. The van der Waals surface area contributed by atoms with E-state index in [2.05, 4.69) is 0 Å². The predicted molar refractivity (Wildman–Crippen MR) is 68.6 cm³/mol. The van der Waals surface area contributed by atoms with Crippen LogP contribution >= 0.6 is 0 Å². The zero-order valence-electron chi connectivity index (χ0n) is 10.1. The lowest BCUT2D eigenvalue weighted by atomic mass is 9.90. The fraction of sp³-hybridized carbons (Fsp3) is 0.333. The van der Waals surface area contributed by atoms with E-state index >= 15 is 0 Å². The van der Waals surface area contributed by atoms with E-state index in [9.17, 15) is 4.79 Å². The van der Waals surface area contributed by atoms with E-state index in [-0.39, 0.29) is 17.3 Å². The summed E-state index contributed by atoms with van der Waals surface area (Å²) in [5.41, 5.74) is 1.13. The van der Waals surface area contributed by atoms with Gasteiger partial charge in [0.2, 0.25) is 0 Å². The van der Waals surface area contributed by atoms with E-state index in [0.29, 0.717) is 26.1 Å². The Morgan fingerprint density at radius 1 is 1.28 bits per heavy atom. The Kier molecular flexibility index (Phi) is 4.27. The predicted octanol–water partition coefficient (Wildman–Crippen LogP) is 2.59. The van der Waals surface area contributed by atoms with Gasteiger partial charge in [0.15, 0.2) is 5.78 Å². The topological polar surface area (TPSA) is 50.1 Å². The zero-order chi connectivity index (χ0) is 12.8. The van der Waals surface area contributed by atoms with Crippen LogP contribution in [0.2, 0.25) is 0 Å². The summed E-state index contributed by atoms with van der Waals surface area (Å²) in [6, 6.07) is 11.5. The van der Waals surface area contributed by atoms with E-state index in [1.165, 1.54) is 0 Å². The highest BCUT2D eigenvalue weighted by molar-refractivity contribution is 6.04. The van der Waals surface area contributed by atoms with E-state index in [4.69, 9.17) is 10.00 Å². The normalized spacial score (nSPS) is 17.2. The number of ketones is 1. The number of hydrogen-bond acceptors (Lipinski definition) is 3. The second-order valence-corrected chi connectivity index (χ2v) is 4.33. The summed E-state index contributed by atoms with van der Waals surface area (Å²) in [7, 11) is 0. The van der Waals surface area contributed by atoms with Crippen LogP contribution in [0.15, 0.2) is 35.9 Å². The Balaban J connectivity index is 2.16. The van der Waals surface area contributed by atoms with Gasteiger partial charge in [-0.15, -0.1) is 0 Å². The number of carbonyl (C=O) groups excluding carboxylic acids is 1. The molecule has 0 radical (unpaired) electrons. The van der Waals surface area contributed by atoms with Gasteiger partial charge in [-0.05, 0) is 24.5 Å². The second kappa shape index (κ2) is 6.13. The highest BCUT2D eigenvalue weighted by Gasteiger charge is 2.24. The van der Waals surface area contributed by atoms with Crippen LogP contribution in [0.1, 0.15) is 18.4 Å². The first-order valence-electron chi connectivity index (χ1n) is 6.10. The molecule has 1 aromatic carbocycles. The lowest BCUT2D eigenvalue weighted by Crippen LogP contribution is -2.24. The van der Waals surface area contributed by atoms with Gasteiger partial charge in [0.1, 0.15) is 6.07 Å². The van der Waals surface area contributed by atoms with Crippen LogP contribution in [0, 0.1) is 17.2 Å². The maximum atomic E-state index is 12.2. The molecule has 0 amide bonds. The van der Waals surface area contributed by atoms with Crippen LogP contribution in [0.4, 0.5) is 0 Å². The number of carbonyl (C=O) groups is 1. The van der Waals surface area contributed by atoms with Crippen molar-refractivity contribution in [3.8, 4) is 6.07 Å². The molecule has 1 heterocycles. The first kappa shape index (κ1) is 12.5. The third-order valence-electron chi connectivity index (χ3n) is 3.09. The molecule has 0 aromatic heterocycles. The maximum Gasteiger partial charge on any atom is 0.176 e. The summed E-state index contributed by atoms with van der Waals surface area (Å²) in [5, 5.41) is 9.12. The van der Waals surface area contributed by atoms with Crippen LogP contribution in [0.5, 0.6) is 0 Å². The van der Waals surface area contributed by atoms with Gasteiger partial charge in [-0.3, -0.25) is 4.79 Å². The van der Waals surface area contributed by atoms with E-state index in [1.54, 1.807) is 6.08 Å². The summed E-state index contributed by atoms with van der Waals surface area (Å²) in [5.74, 6) is -0.113. The molecule has 0 bridgehead atoms. The van der Waals surface area contributed by atoms with Gasteiger partial charge in [-0.2, -0.15) is 5.26 Å². The molecule has 18 heavy (non-hydrogen) atoms. The Morgan fingerprint density at radius 3 is 2.56 bits per heavy atom. The summed E-state index contributed by atoms with van der Waals surface area (Å²) in [6.07, 6.45) is 3.09. The number of hydrogen-bond donors (Lipinski definition) is 0. The van der Waals surface area contributed by atoms with Crippen molar-refractivity contribution in [1.29, 1.82) is 5.26 Å². The highest BCUT2D eigenvalue weighted by Crippen LogP contribution is 2.20. The molecule has 2 rings (SSSR count). The van der Waals surface area contributed by atoms with Crippen molar-refractivity contribution >= 4 is 11.9 Å². The molecule has 1 aliphatic rings. The molecule has 0 unspecified atom stereocenters. The SMILES string of the molecule is N#CC(=Cc1ccccc1)C(=O)C1CCOCC1. The van der Waals surface area contributed by atoms with Crippen LogP contribution in [0.3, 0.4) is 0 Å². The number of ether oxygens (including phenoxy) is 1. The fourth-order valence-electron chi connectivity index (χ4n) is 2.05. The first-order valence-corrected chi connectivity index (χ1v) is 6.10. The molecule has 1 aromatic rings. The number of benzene rings is 1. The number of rotatable bonds is 3. The summed E-state index contributed by atoms with van der Waals surface area (Å²) < 4.78 is 5.23. The van der Waals surface area contributed by atoms with E-state index in [0.717, 1.165) is 5.56 Å². The molecule has 0 saturated carbocycles. The minimum Gasteiger partial charge on any atom is -0.381 e. The van der Waals surface area contributed by atoms with Gasteiger partial charge in [0.05, 0.1) is 5.57 Å². The van der Waals surface area contributed by atoms with E-state index < -0.39 is 0 Å². The van der Waals surface area contributed by atoms with Crippen molar-refractivity contribution in [3.63, 3.8) is 0 Å². The standard InChI is InChI=1S/C15H15NO2/c16-11-14(10-12-4-2-1-3-5-12)15(17)13-6-8-18-9-7-13/h1-5,10,13H,6-9H2. The van der Waals surface area contributed by atoms with E-state index in [1.807, 2.05) is 36.4 Å². The van der Waals surface area contributed by atoms with Gasteiger partial charge >= 0.3 is 0 Å². The fourth-order valence-corrected chi connectivity index (χ4v) is 2.05. The number of nitrogens with zero attached hydrogens (tertiary/aromatic N) is 1. The molecular weight excluding hydrogens is 226 g/mol. The van der Waals surface area contributed by atoms with Crippen molar-refractivity contribution < 1.29 is 9.53 Å². The smallest absolute Gasteiger partial charge is 0.176 e. The van der Waals surface area contributed by atoms with Crippen molar-refractivity contribution in [1.82, 2.24) is 0 Å². The molecule has 3 heteroatoms. The van der Waals surface area contributed by atoms with Crippen molar-refractivity contribution in [2.24, 2.45) is 5.92 Å². The van der Waals surface area contributed by atoms with Crippen LogP contribution < -0.4 is 0 Å². The molecule has 92 valence electrons. The van der Waals surface area contributed by atoms with Gasteiger partial charge in [-0.1, -0.05) is 30.3 Å². The largest absolute Gasteiger partial charge is 0.381 e. The first-order chi connectivity index (χ1) is 8.81. The number of Topliss-reactive ketones (excluding diaryl/α,β-unsaturated/α-hetero) is 1. The number of allylic oxidation sites excluding steroid dienone is 1. The third-order valence-corrected chi connectivity index (χ3v) is 3.09. The molecule has 1 saturated heterocycles. The Morgan fingerprint density at radius 2 is 1.94 bits per heavy atom. The molecule has 0 atom stereocenters. The average Bonchev–Trinajstić information content (AvgIpc) is 2.46.